The Morgan fingerprint density at radius 1 is 1.12 bits per heavy atom. The molecule has 1 aliphatic heterocycles. The molecule has 2 unspecified atom stereocenters. The van der Waals surface area contributed by atoms with Gasteiger partial charge < -0.3 is 19.7 Å². The molecule has 2 aliphatic rings. The molecule has 6 heteroatoms. The van der Waals surface area contributed by atoms with Crippen LogP contribution in [0.1, 0.15) is 68.9 Å². The lowest BCUT2D eigenvalue weighted by Crippen LogP contribution is -2.47. The predicted octanol–water partition coefficient (Wildman–Crippen LogP) is 5.84. The molecule has 0 bridgehead atoms. The number of carbonyl (C=O) groups excluding carboxylic acids is 1. The summed E-state index contributed by atoms with van der Waals surface area (Å²) >= 11 is 0. The number of aliphatic carboxylic acids is 1. The number of para-hydroxylation sites is 1. The Hall–Kier alpha value is -3.28. The monoisotopic (exact) mass is 450 g/mol. The Morgan fingerprint density at radius 3 is 2.42 bits per heavy atom. The van der Waals surface area contributed by atoms with Crippen molar-refractivity contribution in [1.29, 1.82) is 0 Å². The minimum Gasteiger partial charge on any atom is -0.508 e. The van der Waals surface area contributed by atoms with Crippen LogP contribution < -0.4 is 4.74 Å². The number of ether oxygens (including phenoxy) is 2. The van der Waals surface area contributed by atoms with Gasteiger partial charge in [0.25, 0.3) is 0 Å². The molecular formula is C27H30O6. The molecule has 2 atom stereocenters. The molecule has 1 saturated carbocycles. The van der Waals surface area contributed by atoms with Crippen LogP contribution in [0.2, 0.25) is 0 Å². The summed E-state index contributed by atoms with van der Waals surface area (Å²) in [4.78, 5) is 25.4. The zero-order chi connectivity index (χ0) is 23.4. The van der Waals surface area contributed by atoms with Crippen molar-refractivity contribution in [1.82, 2.24) is 0 Å². The number of aliphatic hydroxyl groups is 1. The second kappa shape index (κ2) is 9.69. The van der Waals surface area contributed by atoms with Crippen molar-refractivity contribution in [2.75, 3.05) is 0 Å². The van der Waals surface area contributed by atoms with Gasteiger partial charge >= 0.3 is 11.9 Å². The van der Waals surface area contributed by atoms with E-state index in [9.17, 15) is 19.8 Å². The number of cyclic esters (lactones) is 1. The molecule has 0 saturated heterocycles. The van der Waals surface area contributed by atoms with Crippen LogP contribution in [0.25, 0.3) is 0 Å². The molecule has 0 amide bonds. The van der Waals surface area contributed by atoms with E-state index < -0.39 is 23.5 Å². The van der Waals surface area contributed by atoms with Gasteiger partial charge in [-0.15, -0.1) is 0 Å². The van der Waals surface area contributed by atoms with E-state index in [2.05, 4.69) is 0 Å². The lowest BCUT2D eigenvalue weighted by Gasteiger charge is -2.41. The van der Waals surface area contributed by atoms with E-state index in [1.807, 2.05) is 31.2 Å². The minimum absolute atomic E-state index is 0.166. The Morgan fingerprint density at radius 2 is 1.79 bits per heavy atom. The summed E-state index contributed by atoms with van der Waals surface area (Å²) in [7, 11) is 0. The van der Waals surface area contributed by atoms with Crippen molar-refractivity contribution in [3.63, 3.8) is 0 Å². The quantitative estimate of drug-likeness (QED) is 0.491. The van der Waals surface area contributed by atoms with Gasteiger partial charge in [0.1, 0.15) is 17.4 Å². The number of carbonyl (C=O) groups is 2. The summed E-state index contributed by atoms with van der Waals surface area (Å²) in [5, 5.41) is 21.0. The van der Waals surface area contributed by atoms with Crippen molar-refractivity contribution in [3.05, 3.63) is 77.2 Å². The molecular weight excluding hydrogens is 420 g/mol. The van der Waals surface area contributed by atoms with Crippen molar-refractivity contribution in [2.45, 2.75) is 63.4 Å². The normalized spacial score (nSPS) is 22.2. The number of hydrogen-bond donors (Lipinski definition) is 2. The highest BCUT2D eigenvalue weighted by molar-refractivity contribution is 5.89. The molecule has 0 aromatic heterocycles. The van der Waals surface area contributed by atoms with Crippen LogP contribution in [0.3, 0.4) is 0 Å². The highest BCUT2D eigenvalue weighted by atomic mass is 16.6. The second-order valence-corrected chi connectivity index (χ2v) is 8.90. The zero-order valence-corrected chi connectivity index (χ0v) is 18.8. The molecule has 4 rings (SSSR count). The average molecular weight is 451 g/mol. The molecule has 6 nitrogen and oxygen atoms in total. The molecule has 1 aliphatic carbocycles. The molecule has 0 spiro atoms. The first-order chi connectivity index (χ1) is 16.0. The Balaban J connectivity index is 1.72. The summed E-state index contributed by atoms with van der Waals surface area (Å²) in [6, 6.07) is 16.3. The van der Waals surface area contributed by atoms with Crippen molar-refractivity contribution in [3.8, 4) is 5.75 Å². The fraction of sp³-hybridized carbons (Fsp3) is 0.407. The molecule has 2 aromatic rings. The van der Waals surface area contributed by atoms with Gasteiger partial charge in [-0.3, -0.25) is 4.79 Å². The SMILES string of the molecule is CCCC(C(=O)O)C1(c2ccccc2)CC(O)=C(Oc2ccccc2C2CCCC2)C(=O)O1. The standard InChI is InChI=1S/C27H30O6/c1-2-10-21(25(29)30)27(19-13-4-3-5-14-19)17-22(28)24(26(31)33-27)32-23-16-9-8-15-20(23)18-11-6-7-12-18/h3-5,8-9,13-16,18,21,28H,2,6-7,10-12,17H2,1H3,(H,29,30). The zero-order valence-electron chi connectivity index (χ0n) is 18.8. The number of carboxylic acid groups (broad SMARTS) is 1. The Kier molecular flexibility index (Phi) is 6.72. The number of rotatable bonds is 8. The molecule has 0 radical (unpaired) electrons. The van der Waals surface area contributed by atoms with E-state index >= 15 is 0 Å². The van der Waals surface area contributed by atoms with Crippen LogP contribution in [0.5, 0.6) is 5.75 Å². The van der Waals surface area contributed by atoms with Crippen LogP contribution in [0, 0.1) is 5.92 Å². The number of esters is 1. The number of aliphatic hydroxyl groups excluding tert-OH is 1. The lowest BCUT2D eigenvalue weighted by atomic mass is 9.75. The summed E-state index contributed by atoms with van der Waals surface area (Å²) in [6.45, 7) is 1.88. The first-order valence-electron chi connectivity index (χ1n) is 11.7. The fourth-order valence-electron chi connectivity index (χ4n) is 5.17. The van der Waals surface area contributed by atoms with Crippen molar-refractivity contribution < 1.29 is 29.3 Å². The van der Waals surface area contributed by atoms with Gasteiger partial charge in [-0.25, -0.2) is 4.79 Å². The van der Waals surface area contributed by atoms with Gasteiger partial charge in [-0.05, 0) is 42.4 Å². The highest BCUT2D eigenvalue weighted by Crippen LogP contribution is 2.46. The number of carboxylic acids is 1. The number of hydrogen-bond acceptors (Lipinski definition) is 5. The van der Waals surface area contributed by atoms with Gasteiger partial charge in [-0.1, -0.05) is 74.7 Å². The summed E-state index contributed by atoms with van der Waals surface area (Å²) in [5.41, 5.74) is 0.0378. The topological polar surface area (TPSA) is 93.1 Å². The Labute approximate surface area is 193 Å². The molecule has 33 heavy (non-hydrogen) atoms. The van der Waals surface area contributed by atoms with Crippen LogP contribution in [0.15, 0.2) is 66.1 Å². The minimum atomic E-state index is -1.51. The number of benzene rings is 2. The van der Waals surface area contributed by atoms with E-state index in [1.165, 1.54) is 0 Å². The third-order valence-corrected chi connectivity index (χ3v) is 6.78. The first-order valence-corrected chi connectivity index (χ1v) is 11.7. The second-order valence-electron chi connectivity index (χ2n) is 8.90. The van der Waals surface area contributed by atoms with Gasteiger partial charge in [0.15, 0.2) is 5.60 Å². The highest BCUT2D eigenvalue weighted by Gasteiger charge is 2.52. The van der Waals surface area contributed by atoms with E-state index in [4.69, 9.17) is 9.47 Å². The van der Waals surface area contributed by atoms with Gasteiger partial charge in [0, 0.05) is 0 Å². The average Bonchev–Trinajstić information content (AvgIpc) is 3.35. The molecule has 174 valence electrons. The maximum Gasteiger partial charge on any atom is 0.378 e. The third-order valence-electron chi connectivity index (χ3n) is 6.78. The van der Waals surface area contributed by atoms with Gasteiger partial charge in [-0.2, -0.15) is 0 Å². The van der Waals surface area contributed by atoms with E-state index in [0.717, 1.165) is 31.2 Å². The van der Waals surface area contributed by atoms with Crippen LogP contribution in [-0.2, 0) is 19.9 Å². The molecule has 1 fully saturated rings. The predicted molar refractivity (Wildman–Crippen MR) is 123 cm³/mol. The van der Waals surface area contributed by atoms with Crippen LogP contribution >= 0.6 is 0 Å². The Bertz CT molecular complexity index is 1040. The van der Waals surface area contributed by atoms with E-state index in [1.54, 1.807) is 30.3 Å². The molecule has 2 N–H and O–H groups in total. The summed E-state index contributed by atoms with van der Waals surface area (Å²) < 4.78 is 11.9. The van der Waals surface area contributed by atoms with Gasteiger partial charge in [0.05, 0.1) is 6.42 Å². The maximum absolute atomic E-state index is 13.2. The van der Waals surface area contributed by atoms with E-state index in [0.29, 0.717) is 30.1 Å². The smallest absolute Gasteiger partial charge is 0.378 e. The first kappa shape index (κ1) is 22.9. The summed E-state index contributed by atoms with van der Waals surface area (Å²) in [6.07, 6.45) is 5.15. The van der Waals surface area contributed by atoms with Crippen molar-refractivity contribution >= 4 is 11.9 Å². The third kappa shape index (κ3) is 4.47. The van der Waals surface area contributed by atoms with Gasteiger partial charge in [0.2, 0.25) is 5.76 Å². The lowest BCUT2D eigenvalue weighted by molar-refractivity contribution is -0.180. The van der Waals surface area contributed by atoms with Crippen LogP contribution in [-0.4, -0.2) is 22.2 Å². The molecule has 2 aromatic carbocycles. The van der Waals surface area contributed by atoms with Crippen LogP contribution in [0.4, 0.5) is 0 Å². The fourth-order valence-corrected chi connectivity index (χ4v) is 5.17. The maximum atomic E-state index is 13.2. The summed E-state index contributed by atoms with van der Waals surface area (Å²) in [5.74, 6) is -2.62. The van der Waals surface area contributed by atoms with Crippen molar-refractivity contribution in [2.24, 2.45) is 5.92 Å². The largest absolute Gasteiger partial charge is 0.508 e. The molecule has 1 heterocycles. The van der Waals surface area contributed by atoms with E-state index in [-0.39, 0.29) is 17.9 Å².